The molecule has 10 nitrogen and oxygen atoms in total. The van der Waals surface area contributed by atoms with E-state index in [4.69, 9.17) is 9.15 Å². The van der Waals surface area contributed by atoms with Crippen molar-refractivity contribution < 1.29 is 27.1 Å². The number of nitrogens with zero attached hydrogens (tertiary/aromatic N) is 5. The summed E-state index contributed by atoms with van der Waals surface area (Å²) in [5, 5.41) is 5.15. The number of likely N-dealkylation sites (N-methyl/N-ethyl adjacent to an activating group) is 1. The molecule has 4 aromatic rings. The molecule has 2 aromatic heterocycles. The summed E-state index contributed by atoms with van der Waals surface area (Å²) in [6.45, 7) is 3.55. The highest BCUT2D eigenvalue weighted by Crippen LogP contribution is 2.33. The van der Waals surface area contributed by atoms with Crippen LogP contribution in [0.25, 0.3) is 11.6 Å². The Bertz CT molecular complexity index is 1460. The maximum atomic E-state index is 13.6. The number of alkyl halides is 3. The van der Waals surface area contributed by atoms with Crippen LogP contribution in [0.4, 0.5) is 29.3 Å². The van der Waals surface area contributed by atoms with Crippen LogP contribution in [0.3, 0.4) is 0 Å². The Morgan fingerprint density at radius 3 is 2.55 bits per heavy atom. The predicted molar refractivity (Wildman–Crippen MR) is 141 cm³/mol. The van der Waals surface area contributed by atoms with Gasteiger partial charge in [0.05, 0.1) is 11.8 Å². The summed E-state index contributed by atoms with van der Waals surface area (Å²) in [7, 11) is 2.01. The highest BCUT2D eigenvalue weighted by molar-refractivity contribution is 6.00. The third-order valence-corrected chi connectivity index (χ3v) is 6.19. The minimum atomic E-state index is -4.55. The quantitative estimate of drug-likeness (QED) is 0.316. The van der Waals surface area contributed by atoms with Crippen molar-refractivity contribution in [3.63, 3.8) is 0 Å². The molecule has 2 amide bonds. The number of hydrogen-bond acceptors (Lipinski definition) is 8. The summed E-state index contributed by atoms with van der Waals surface area (Å²) < 4.78 is 51.8. The van der Waals surface area contributed by atoms with E-state index < -0.39 is 17.8 Å². The first kappa shape index (κ1) is 27.1. The van der Waals surface area contributed by atoms with Gasteiger partial charge in [0.2, 0.25) is 11.8 Å². The van der Waals surface area contributed by atoms with Crippen molar-refractivity contribution in [2.45, 2.75) is 12.7 Å². The molecule has 1 fully saturated rings. The van der Waals surface area contributed by atoms with E-state index in [9.17, 15) is 18.0 Å². The summed E-state index contributed by atoms with van der Waals surface area (Å²) >= 11 is 0. The molecule has 3 heterocycles. The zero-order valence-corrected chi connectivity index (χ0v) is 21.5. The Kier molecular flexibility index (Phi) is 7.94. The van der Waals surface area contributed by atoms with Crippen LogP contribution in [0.2, 0.25) is 0 Å². The molecule has 1 aliphatic rings. The molecular formula is C27H26F3N7O3. The van der Waals surface area contributed by atoms with Gasteiger partial charge in [0.15, 0.2) is 0 Å². The van der Waals surface area contributed by atoms with E-state index in [1.54, 1.807) is 36.4 Å². The van der Waals surface area contributed by atoms with Gasteiger partial charge in [0.25, 0.3) is 0 Å². The van der Waals surface area contributed by atoms with Crippen molar-refractivity contribution in [3.05, 3.63) is 78.4 Å². The highest BCUT2D eigenvalue weighted by atomic mass is 19.4. The maximum Gasteiger partial charge on any atom is 0.416 e. The van der Waals surface area contributed by atoms with Crippen molar-refractivity contribution in [2.75, 3.05) is 43.9 Å². The fourth-order valence-electron chi connectivity index (χ4n) is 4.20. The van der Waals surface area contributed by atoms with E-state index in [-0.39, 0.29) is 11.6 Å². The predicted octanol–water partition coefficient (Wildman–Crippen LogP) is 5.33. The Labute approximate surface area is 227 Å². The van der Waals surface area contributed by atoms with Gasteiger partial charge < -0.3 is 24.7 Å². The molecule has 40 heavy (non-hydrogen) atoms. The van der Waals surface area contributed by atoms with Gasteiger partial charge in [-0.05, 0) is 42.9 Å². The molecule has 2 N–H and O–H groups in total. The number of amides is 2. The number of carbonyl (C=O) groups excluding carboxylic acids is 1. The minimum absolute atomic E-state index is 0.0453. The molecule has 0 radical (unpaired) electrons. The second kappa shape index (κ2) is 11.7. The topological polar surface area (TPSA) is 109 Å². The zero-order valence-electron chi connectivity index (χ0n) is 21.5. The molecule has 5 rings (SSSR count). The number of hydrogen-bond donors (Lipinski definition) is 2. The summed E-state index contributed by atoms with van der Waals surface area (Å²) in [6.07, 6.45) is -0.334. The first-order chi connectivity index (χ1) is 19.2. The lowest BCUT2D eigenvalue weighted by Gasteiger charge is -2.32. The van der Waals surface area contributed by atoms with Gasteiger partial charge in [-0.15, -0.1) is 0 Å². The third kappa shape index (κ3) is 7.12. The number of halogens is 3. The molecule has 13 heteroatoms. The molecule has 1 aliphatic heterocycles. The minimum Gasteiger partial charge on any atom is -0.443 e. The molecule has 2 aromatic carbocycles. The monoisotopic (exact) mass is 553 g/mol. The Morgan fingerprint density at radius 1 is 1.00 bits per heavy atom. The Hall–Kier alpha value is -4.49. The lowest BCUT2D eigenvalue weighted by molar-refractivity contribution is -0.137. The van der Waals surface area contributed by atoms with Crippen molar-refractivity contribution in [1.29, 1.82) is 0 Å². The van der Waals surface area contributed by atoms with Gasteiger partial charge in [-0.1, -0.05) is 6.07 Å². The van der Waals surface area contributed by atoms with Gasteiger partial charge >= 0.3 is 12.2 Å². The van der Waals surface area contributed by atoms with E-state index in [2.05, 4.69) is 35.4 Å². The van der Waals surface area contributed by atoms with E-state index in [1.165, 1.54) is 18.8 Å². The SMILES string of the molecule is CN1CCN(Cc2cc(NC(=O)Nc3cccc(Oc4cc(-c5ncco5)ncn4)c3)cc(C(F)(F)F)c2)CC1. The van der Waals surface area contributed by atoms with Crippen LogP contribution < -0.4 is 15.4 Å². The molecule has 0 atom stereocenters. The molecular weight excluding hydrogens is 527 g/mol. The van der Waals surface area contributed by atoms with Gasteiger partial charge in [0, 0.05) is 56.2 Å². The van der Waals surface area contributed by atoms with Crippen LogP contribution in [0.5, 0.6) is 11.6 Å². The maximum absolute atomic E-state index is 13.6. The van der Waals surface area contributed by atoms with E-state index in [1.807, 2.05) is 7.05 Å². The standard InChI is InChI=1S/C27H26F3N7O3/c1-36-6-8-37(9-7-36)16-18-11-19(27(28,29)30)13-21(12-18)35-26(38)34-20-3-2-4-22(14-20)40-24-15-23(32-17-33-24)25-31-5-10-39-25/h2-5,10-15,17H,6-9,16H2,1H3,(H2,34,35,38). The Balaban J connectivity index is 1.26. The van der Waals surface area contributed by atoms with Gasteiger partial charge in [-0.3, -0.25) is 4.90 Å². The normalized spacial score (nSPS) is 14.6. The fraction of sp³-hybridized carbons (Fsp3) is 0.259. The number of nitrogens with one attached hydrogen (secondary N) is 2. The smallest absolute Gasteiger partial charge is 0.416 e. The van der Waals surface area contributed by atoms with Gasteiger partial charge in [0.1, 0.15) is 24.0 Å². The summed E-state index contributed by atoms with van der Waals surface area (Å²) in [5.41, 5.74) is 0.486. The number of piperazine rings is 1. The average Bonchev–Trinajstić information content (AvgIpc) is 3.45. The zero-order chi connectivity index (χ0) is 28.1. The van der Waals surface area contributed by atoms with Gasteiger partial charge in [-0.25, -0.2) is 19.7 Å². The number of anilines is 2. The van der Waals surface area contributed by atoms with Crippen LogP contribution in [-0.2, 0) is 12.7 Å². The number of urea groups is 1. The second-order valence-electron chi connectivity index (χ2n) is 9.28. The fourth-order valence-corrected chi connectivity index (χ4v) is 4.20. The first-order valence-electron chi connectivity index (χ1n) is 12.4. The summed E-state index contributed by atoms with van der Waals surface area (Å²) in [6, 6.07) is 10.9. The van der Waals surface area contributed by atoms with Crippen LogP contribution in [0, 0.1) is 0 Å². The summed E-state index contributed by atoms with van der Waals surface area (Å²) in [4.78, 5) is 29.2. The van der Waals surface area contributed by atoms with Crippen LogP contribution in [0.15, 0.2) is 71.7 Å². The lowest BCUT2D eigenvalue weighted by atomic mass is 10.1. The van der Waals surface area contributed by atoms with Crippen molar-refractivity contribution in [1.82, 2.24) is 24.8 Å². The van der Waals surface area contributed by atoms with E-state index >= 15 is 0 Å². The van der Waals surface area contributed by atoms with Crippen LogP contribution in [0.1, 0.15) is 11.1 Å². The van der Waals surface area contributed by atoms with Crippen molar-refractivity contribution >= 4 is 17.4 Å². The highest BCUT2D eigenvalue weighted by Gasteiger charge is 2.31. The molecule has 208 valence electrons. The molecule has 0 spiro atoms. The van der Waals surface area contributed by atoms with E-state index in [0.717, 1.165) is 38.3 Å². The Morgan fingerprint density at radius 2 is 1.80 bits per heavy atom. The second-order valence-corrected chi connectivity index (χ2v) is 9.28. The number of ether oxygens (including phenoxy) is 1. The number of benzene rings is 2. The lowest BCUT2D eigenvalue weighted by Crippen LogP contribution is -2.43. The molecule has 0 saturated carbocycles. The van der Waals surface area contributed by atoms with Gasteiger partial charge in [-0.2, -0.15) is 13.2 Å². The van der Waals surface area contributed by atoms with E-state index in [0.29, 0.717) is 35.1 Å². The number of carbonyl (C=O) groups is 1. The van der Waals surface area contributed by atoms with Crippen molar-refractivity contribution in [2.24, 2.45) is 0 Å². The van der Waals surface area contributed by atoms with Crippen molar-refractivity contribution in [3.8, 4) is 23.2 Å². The number of rotatable bonds is 7. The molecule has 1 saturated heterocycles. The summed E-state index contributed by atoms with van der Waals surface area (Å²) in [5.74, 6) is 0.894. The van der Waals surface area contributed by atoms with Crippen LogP contribution in [-0.4, -0.2) is 64.0 Å². The third-order valence-electron chi connectivity index (χ3n) is 6.19. The molecule has 0 bridgehead atoms. The number of oxazole rings is 1. The first-order valence-corrected chi connectivity index (χ1v) is 12.4. The largest absolute Gasteiger partial charge is 0.443 e. The van der Waals surface area contributed by atoms with Crippen LogP contribution >= 0.6 is 0 Å². The average molecular weight is 554 g/mol. The number of aromatic nitrogens is 3. The molecule has 0 unspecified atom stereocenters. The molecule has 0 aliphatic carbocycles.